The van der Waals surface area contributed by atoms with Crippen molar-refractivity contribution in [3.05, 3.63) is 57.5 Å². The molecule has 10 heteroatoms. The molecule has 1 aliphatic heterocycles. The zero-order valence-electron chi connectivity index (χ0n) is 18.8. The molecule has 0 atom stereocenters. The average molecular weight is 584 g/mol. The number of imide groups is 1. The molecule has 8 nitrogen and oxygen atoms in total. The number of pyridine rings is 1. The number of ether oxygens (including phenoxy) is 3. The summed E-state index contributed by atoms with van der Waals surface area (Å²) in [6.45, 7) is 0. The first-order valence-corrected chi connectivity index (χ1v) is 17.7. The number of hydrogen-bond donors (Lipinski definition) is 2. The predicted molar refractivity (Wildman–Crippen MR) is 133 cm³/mol. The standard InChI is InChI=1S/C20H17ClN3O5.C4H6.In/c1-11(25)23-20(26)24-12-4-5-17(14(21)8-12)29-16-6-7-22-15-10-19(28-3)18(27-2)9-13(15)16;1-3-4-2;/h4-10H,1H2,2-3H3,(H2,23,24,25,26);1,3H,2,4H2;. The number of methoxy groups -OCH3 is 2. The van der Waals surface area contributed by atoms with Crippen molar-refractivity contribution in [2.45, 2.75) is 14.8 Å². The fourth-order valence-corrected chi connectivity index (χ4v) is 10.6. The molecule has 3 amide bonds. The number of nitrogens with one attached hydrogen (secondary N) is 2. The number of nitrogens with zero attached hydrogens (tertiary/aromatic N) is 1. The van der Waals surface area contributed by atoms with Crippen molar-refractivity contribution in [1.82, 2.24) is 10.3 Å². The minimum absolute atomic E-state index is 0.229. The summed E-state index contributed by atoms with van der Waals surface area (Å²) in [4.78, 5) is 28.7. The molecule has 0 fully saturated rings. The van der Waals surface area contributed by atoms with Crippen LogP contribution in [0, 0.1) is 0 Å². The zero-order chi connectivity index (χ0) is 24.1. The number of hydrogen-bond acceptors (Lipinski definition) is 6. The summed E-state index contributed by atoms with van der Waals surface area (Å²) >= 11 is 4.52. The summed E-state index contributed by atoms with van der Waals surface area (Å²) in [6, 6.07) is 9.55. The van der Waals surface area contributed by atoms with E-state index in [1.807, 2.05) is 0 Å². The van der Waals surface area contributed by atoms with Gasteiger partial charge >= 0.3 is 146 Å². The van der Waals surface area contributed by atoms with E-state index in [4.69, 9.17) is 25.8 Å². The molecule has 1 aromatic heterocycles. The molecular formula is C24H23ClInN3O5. The van der Waals surface area contributed by atoms with Gasteiger partial charge in [-0.3, -0.25) is 4.98 Å². The third-order valence-electron chi connectivity index (χ3n) is 5.43. The van der Waals surface area contributed by atoms with E-state index < -0.39 is 27.5 Å². The Labute approximate surface area is 209 Å². The Morgan fingerprint density at radius 3 is 2.56 bits per heavy atom. The molecule has 174 valence electrons. The van der Waals surface area contributed by atoms with Crippen molar-refractivity contribution in [1.29, 1.82) is 0 Å². The van der Waals surface area contributed by atoms with Crippen LogP contribution >= 0.6 is 11.6 Å². The number of benzene rings is 2. The number of rotatable bonds is 7. The maximum atomic E-state index is 12.2. The zero-order valence-corrected chi connectivity index (χ0v) is 22.8. The molecular weight excluding hydrogens is 561 g/mol. The molecule has 0 spiro atoms. The van der Waals surface area contributed by atoms with E-state index in [9.17, 15) is 9.59 Å². The van der Waals surface area contributed by atoms with Crippen molar-refractivity contribution < 1.29 is 23.8 Å². The van der Waals surface area contributed by atoms with Crippen LogP contribution in [-0.4, -0.2) is 52.6 Å². The van der Waals surface area contributed by atoms with E-state index in [0.717, 1.165) is 16.0 Å². The second-order valence-corrected chi connectivity index (χ2v) is 16.4. The number of carbonyl (C=O) groups is 2. The number of halogens is 1. The summed E-state index contributed by atoms with van der Waals surface area (Å²) < 4.78 is 20.6. The number of aromatic nitrogens is 1. The van der Waals surface area contributed by atoms with Crippen molar-refractivity contribution in [3.63, 3.8) is 0 Å². The van der Waals surface area contributed by atoms with Crippen LogP contribution in [0.4, 0.5) is 10.5 Å². The Kier molecular flexibility index (Phi) is 7.84. The number of urea groups is 1. The molecule has 0 radical (unpaired) electrons. The van der Waals surface area contributed by atoms with Crippen LogP contribution in [-0.2, 0) is 4.79 Å². The summed E-state index contributed by atoms with van der Waals surface area (Å²) in [5.41, 5.74) is 1.11. The third-order valence-corrected chi connectivity index (χ3v) is 13.7. The van der Waals surface area contributed by atoms with E-state index in [1.165, 1.54) is 0 Å². The van der Waals surface area contributed by atoms with E-state index >= 15 is 0 Å². The molecule has 2 heterocycles. The average Bonchev–Trinajstić information content (AvgIpc) is 3.32. The second-order valence-electron chi connectivity index (χ2n) is 7.75. The minimum Gasteiger partial charge on any atom is -0.493 e. The number of carbonyl (C=O) groups excluding carboxylic acids is 2. The quantitative estimate of drug-likeness (QED) is 0.390. The van der Waals surface area contributed by atoms with E-state index in [-0.39, 0.29) is 5.91 Å². The van der Waals surface area contributed by atoms with Gasteiger partial charge in [0.15, 0.2) is 11.5 Å². The summed E-state index contributed by atoms with van der Waals surface area (Å²) in [7, 11) is 3.12. The molecule has 0 unspecified atom stereocenters. The van der Waals surface area contributed by atoms with Crippen LogP contribution < -0.4 is 24.8 Å². The summed E-state index contributed by atoms with van der Waals surface area (Å²) in [5, 5.41) is 6.05. The molecule has 3 aromatic rings. The van der Waals surface area contributed by atoms with Crippen LogP contribution in [0.25, 0.3) is 10.9 Å². The van der Waals surface area contributed by atoms with Crippen molar-refractivity contribution >= 4 is 61.6 Å². The molecule has 0 saturated carbocycles. The first-order chi connectivity index (χ1) is 16.5. The molecule has 0 saturated heterocycles. The van der Waals surface area contributed by atoms with E-state index in [1.54, 1.807) is 56.8 Å². The van der Waals surface area contributed by atoms with Crippen LogP contribution in [0.3, 0.4) is 0 Å². The molecule has 4 rings (SSSR count). The fourth-order valence-electron chi connectivity index (χ4n) is 3.76. The van der Waals surface area contributed by atoms with Crippen LogP contribution in [0.5, 0.6) is 23.0 Å². The minimum atomic E-state index is -1.89. The maximum absolute atomic E-state index is 12.2. The Morgan fingerprint density at radius 2 is 1.85 bits per heavy atom. The topological polar surface area (TPSA) is 98.8 Å². The van der Waals surface area contributed by atoms with E-state index in [2.05, 4.69) is 25.5 Å². The fraction of sp³-hybridized carbons (Fsp3) is 0.208. The Balaban J connectivity index is 1.45. The normalized spacial score (nSPS) is 12.5. The summed E-state index contributed by atoms with van der Waals surface area (Å²) in [5.74, 6) is 1.81. The third kappa shape index (κ3) is 5.77. The smallest absolute Gasteiger partial charge is 0.493 e. The van der Waals surface area contributed by atoms with Crippen LogP contribution in [0.2, 0.25) is 13.4 Å². The van der Waals surface area contributed by atoms with Gasteiger partial charge in [0.2, 0.25) is 0 Å². The molecule has 0 bridgehead atoms. The van der Waals surface area contributed by atoms with Gasteiger partial charge in [0.25, 0.3) is 0 Å². The number of fused-ring (bicyclic) bond motifs is 1. The van der Waals surface area contributed by atoms with Crippen molar-refractivity contribution in [2.75, 3.05) is 19.5 Å². The second kappa shape index (κ2) is 11.0. The van der Waals surface area contributed by atoms with Gasteiger partial charge in [-0.1, -0.05) is 0 Å². The van der Waals surface area contributed by atoms with Gasteiger partial charge < -0.3 is 9.47 Å². The number of amides is 3. The van der Waals surface area contributed by atoms with Crippen LogP contribution in [0.15, 0.2) is 52.5 Å². The van der Waals surface area contributed by atoms with Crippen molar-refractivity contribution in [2.24, 2.45) is 0 Å². The first kappa shape index (κ1) is 24.2. The van der Waals surface area contributed by atoms with E-state index in [0.29, 0.717) is 43.4 Å². The number of allylic oxidation sites excluding steroid dienone is 1. The molecule has 0 aliphatic carbocycles. The molecule has 34 heavy (non-hydrogen) atoms. The van der Waals surface area contributed by atoms with Gasteiger partial charge in [-0.05, 0) is 6.07 Å². The van der Waals surface area contributed by atoms with Gasteiger partial charge in [0, 0.05) is 12.3 Å². The predicted octanol–water partition coefficient (Wildman–Crippen LogP) is 5.34. The molecule has 1 aliphatic rings. The van der Waals surface area contributed by atoms with Gasteiger partial charge in [-0.2, -0.15) is 0 Å². The number of anilines is 1. The Morgan fingerprint density at radius 1 is 1.06 bits per heavy atom. The first-order valence-electron chi connectivity index (χ1n) is 10.7. The summed E-state index contributed by atoms with van der Waals surface area (Å²) in [6.07, 6.45) is 4.83. The van der Waals surface area contributed by atoms with Gasteiger partial charge in [-0.15, -0.1) is 0 Å². The van der Waals surface area contributed by atoms with Gasteiger partial charge in [0.1, 0.15) is 0 Å². The monoisotopic (exact) mass is 583 g/mol. The van der Waals surface area contributed by atoms with Gasteiger partial charge in [0.05, 0.1) is 19.7 Å². The Bertz CT molecular complexity index is 1270. The van der Waals surface area contributed by atoms with Crippen LogP contribution in [0.1, 0.15) is 6.42 Å². The van der Waals surface area contributed by atoms with Gasteiger partial charge in [-0.25, -0.2) is 0 Å². The molecule has 2 N–H and O–H groups in total. The van der Waals surface area contributed by atoms with Crippen molar-refractivity contribution in [3.8, 4) is 23.0 Å². The molecule has 2 aromatic carbocycles. The SMILES string of the molecule is COc1cc2nccc(Oc3ccc(NC(=O)NC(=O)[CH2][In]4[CH]=CC[CH2]4)cc3Cl)c2cc1OC. The Hall–Kier alpha value is -2.91.